The second-order valence-electron chi connectivity index (χ2n) is 7.68. The van der Waals surface area contributed by atoms with Crippen LogP contribution in [0.15, 0.2) is 41.6 Å². The molecular weight excluding hydrogens is 437 g/mol. The Bertz CT molecular complexity index is 1100. The monoisotopic (exact) mass is 459 g/mol. The van der Waals surface area contributed by atoms with Crippen molar-refractivity contribution in [2.45, 2.75) is 31.6 Å². The third-order valence-electron chi connectivity index (χ3n) is 5.93. The van der Waals surface area contributed by atoms with Gasteiger partial charge < -0.3 is 14.2 Å². The van der Waals surface area contributed by atoms with Gasteiger partial charge in [-0.2, -0.15) is 0 Å². The summed E-state index contributed by atoms with van der Waals surface area (Å²) in [6, 6.07) is 7.69. The second kappa shape index (κ2) is 8.82. The first kappa shape index (κ1) is 22.1. The molecule has 1 amide bonds. The number of benzene rings is 2. The van der Waals surface area contributed by atoms with Gasteiger partial charge in [0.2, 0.25) is 11.7 Å². The van der Waals surface area contributed by atoms with Gasteiger partial charge in [-0.05, 0) is 48.7 Å². The molecule has 1 heterocycles. The van der Waals surface area contributed by atoms with Crippen LogP contribution in [0.3, 0.4) is 0 Å². The van der Waals surface area contributed by atoms with E-state index in [9.17, 15) is 14.0 Å². The Morgan fingerprint density at radius 1 is 1.00 bits per heavy atom. The highest BCUT2D eigenvalue weighted by Crippen LogP contribution is 2.47. The van der Waals surface area contributed by atoms with Crippen LogP contribution in [0.4, 0.5) is 10.1 Å². The van der Waals surface area contributed by atoms with Crippen molar-refractivity contribution in [1.82, 2.24) is 0 Å². The maximum Gasteiger partial charge on any atom is 0.232 e. The lowest BCUT2D eigenvalue weighted by molar-refractivity contribution is -0.119. The van der Waals surface area contributed by atoms with Crippen LogP contribution >= 0.6 is 11.6 Å². The molecule has 1 aliphatic carbocycles. The third-order valence-corrected chi connectivity index (χ3v) is 6.22. The Morgan fingerprint density at radius 2 is 1.69 bits per heavy atom. The fourth-order valence-corrected chi connectivity index (χ4v) is 4.68. The minimum absolute atomic E-state index is 0.00397. The van der Waals surface area contributed by atoms with E-state index >= 15 is 0 Å². The number of hydrogen-bond acceptors (Lipinski definition) is 5. The van der Waals surface area contributed by atoms with Crippen molar-refractivity contribution >= 4 is 29.0 Å². The maximum absolute atomic E-state index is 13.7. The Labute approximate surface area is 190 Å². The fraction of sp³-hybridized carbons (Fsp3) is 0.333. The molecule has 0 saturated carbocycles. The van der Waals surface area contributed by atoms with Crippen LogP contribution < -0.4 is 19.1 Å². The van der Waals surface area contributed by atoms with E-state index in [4.69, 9.17) is 25.8 Å². The molecule has 1 atom stereocenters. The third kappa shape index (κ3) is 3.71. The van der Waals surface area contributed by atoms with Crippen LogP contribution in [-0.4, -0.2) is 33.0 Å². The predicted octanol–water partition coefficient (Wildman–Crippen LogP) is 5.03. The standard InChI is InChI=1S/C24H23ClFNO5/c1-30-20-9-13(10-21(31-2)24(20)32-3)15-12-22(29)27(14-7-8-17(26)16(25)11-14)18-5-4-6-19(28)23(15)18/h7-11,15H,4-6,12H2,1-3H3/t15-/m1/s1. The number of ketones is 1. The van der Waals surface area contributed by atoms with Gasteiger partial charge in [0.05, 0.1) is 32.0 Å². The molecule has 8 heteroatoms. The van der Waals surface area contributed by atoms with E-state index in [1.807, 2.05) is 0 Å². The summed E-state index contributed by atoms with van der Waals surface area (Å²) in [6.07, 6.45) is 1.67. The lowest BCUT2D eigenvalue weighted by Crippen LogP contribution is -2.40. The Hall–Kier alpha value is -3.06. The smallest absolute Gasteiger partial charge is 0.232 e. The largest absolute Gasteiger partial charge is 0.493 e. The number of allylic oxidation sites excluding steroid dienone is 2. The van der Waals surface area contributed by atoms with Gasteiger partial charge in [-0.3, -0.25) is 14.5 Å². The Morgan fingerprint density at radius 3 is 2.28 bits per heavy atom. The molecule has 2 aromatic rings. The number of carbonyl (C=O) groups is 2. The Balaban J connectivity index is 1.88. The van der Waals surface area contributed by atoms with E-state index in [-0.39, 0.29) is 23.1 Å². The summed E-state index contributed by atoms with van der Waals surface area (Å²) in [4.78, 5) is 27.9. The zero-order valence-corrected chi connectivity index (χ0v) is 18.8. The van der Waals surface area contributed by atoms with Crippen LogP contribution in [0, 0.1) is 5.82 Å². The number of amides is 1. The highest BCUT2D eigenvalue weighted by molar-refractivity contribution is 6.31. The zero-order valence-electron chi connectivity index (χ0n) is 18.0. The van der Waals surface area contributed by atoms with Crippen molar-refractivity contribution in [3.05, 3.63) is 58.0 Å². The van der Waals surface area contributed by atoms with Crippen LogP contribution in [-0.2, 0) is 9.59 Å². The number of nitrogens with zero attached hydrogens (tertiary/aromatic N) is 1. The average Bonchev–Trinajstić information content (AvgIpc) is 2.79. The van der Waals surface area contributed by atoms with Crippen LogP contribution in [0.1, 0.15) is 37.2 Å². The molecule has 1 aliphatic heterocycles. The van der Waals surface area contributed by atoms with Gasteiger partial charge in [-0.15, -0.1) is 0 Å². The van der Waals surface area contributed by atoms with Gasteiger partial charge >= 0.3 is 0 Å². The maximum atomic E-state index is 13.7. The van der Waals surface area contributed by atoms with Gasteiger partial charge in [0.15, 0.2) is 17.3 Å². The number of carbonyl (C=O) groups excluding carboxylic acids is 2. The van der Waals surface area contributed by atoms with Gasteiger partial charge in [-0.25, -0.2) is 4.39 Å². The zero-order chi connectivity index (χ0) is 23.0. The predicted molar refractivity (Wildman–Crippen MR) is 118 cm³/mol. The number of anilines is 1. The minimum Gasteiger partial charge on any atom is -0.493 e. The molecule has 0 fully saturated rings. The molecule has 0 unspecified atom stereocenters. The lowest BCUT2D eigenvalue weighted by atomic mass is 9.77. The summed E-state index contributed by atoms with van der Waals surface area (Å²) in [5.41, 5.74) is 2.41. The molecule has 0 spiro atoms. The summed E-state index contributed by atoms with van der Waals surface area (Å²) in [5.74, 6) is 0.124. The van der Waals surface area contributed by atoms with Crippen molar-refractivity contribution in [2.24, 2.45) is 0 Å². The highest BCUT2D eigenvalue weighted by atomic mass is 35.5. The van der Waals surface area contributed by atoms with Crippen molar-refractivity contribution in [3.8, 4) is 17.2 Å². The molecule has 0 N–H and O–H groups in total. The van der Waals surface area contributed by atoms with E-state index < -0.39 is 11.7 Å². The van der Waals surface area contributed by atoms with Crippen molar-refractivity contribution in [1.29, 1.82) is 0 Å². The van der Waals surface area contributed by atoms with E-state index in [1.54, 1.807) is 12.1 Å². The molecule has 2 aliphatic rings. The topological polar surface area (TPSA) is 65.1 Å². The van der Waals surface area contributed by atoms with Gasteiger partial charge in [-0.1, -0.05) is 11.6 Å². The number of Topliss-reactive ketones (excluding diaryl/α,β-unsaturated/α-hetero) is 1. The number of halogens is 2. The fourth-order valence-electron chi connectivity index (χ4n) is 4.50. The quantitative estimate of drug-likeness (QED) is 0.627. The van der Waals surface area contributed by atoms with E-state index in [1.165, 1.54) is 44.4 Å². The first-order chi connectivity index (χ1) is 15.4. The number of hydrogen-bond donors (Lipinski definition) is 0. The summed E-state index contributed by atoms with van der Waals surface area (Å²) < 4.78 is 30.0. The molecular formula is C24H23ClFNO5. The summed E-state index contributed by atoms with van der Waals surface area (Å²) in [6.45, 7) is 0. The van der Waals surface area contributed by atoms with Gasteiger partial charge in [0, 0.05) is 30.0 Å². The van der Waals surface area contributed by atoms with Crippen molar-refractivity contribution in [3.63, 3.8) is 0 Å². The number of methoxy groups -OCH3 is 3. The summed E-state index contributed by atoms with van der Waals surface area (Å²) >= 11 is 5.97. The molecule has 4 rings (SSSR count). The molecule has 2 aromatic carbocycles. The number of ether oxygens (including phenoxy) is 3. The lowest BCUT2D eigenvalue weighted by Gasteiger charge is -2.38. The average molecular weight is 460 g/mol. The first-order valence-electron chi connectivity index (χ1n) is 10.2. The molecule has 0 radical (unpaired) electrons. The van der Waals surface area contributed by atoms with Gasteiger partial charge in [0.25, 0.3) is 0 Å². The summed E-state index contributed by atoms with van der Waals surface area (Å²) in [5, 5.41) is -0.0775. The SMILES string of the molecule is COc1cc([C@H]2CC(=O)N(c3ccc(F)c(Cl)c3)C3=C2C(=O)CCC3)cc(OC)c1OC. The highest BCUT2D eigenvalue weighted by Gasteiger charge is 2.40. The second-order valence-corrected chi connectivity index (χ2v) is 8.09. The molecule has 0 saturated heterocycles. The van der Waals surface area contributed by atoms with E-state index in [0.717, 1.165) is 5.56 Å². The molecule has 0 bridgehead atoms. The van der Waals surface area contributed by atoms with Crippen molar-refractivity contribution < 1.29 is 28.2 Å². The van der Waals surface area contributed by atoms with Gasteiger partial charge in [0.1, 0.15) is 5.82 Å². The molecule has 6 nitrogen and oxygen atoms in total. The van der Waals surface area contributed by atoms with Crippen LogP contribution in [0.2, 0.25) is 5.02 Å². The normalized spacial score (nSPS) is 18.5. The molecule has 32 heavy (non-hydrogen) atoms. The minimum atomic E-state index is -0.566. The Kier molecular flexibility index (Phi) is 6.11. The van der Waals surface area contributed by atoms with Crippen LogP contribution in [0.25, 0.3) is 0 Å². The molecule has 168 valence electrons. The van der Waals surface area contributed by atoms with E-state index in [0.29, 0.717) is 53.5 Å². The van der Waals surface area contributed by atoms with Crippen LogP contribution in [0.5, 0.6) is 17.2 Å². The molecule has 0 aromatic heterocycles. The first-order valence-corrected chi connectivity index (χ1v) is 10.6. The summed E-state index contributed by atoms with van der Waals surface area (Å²) in [7, 11) is 4.55. The number of rotatable bonds is 5. The van der Waals surface area contributed by atoms with Crippen molar-refractivity contribution in [2.75, 3.05) is 26.2 Å². The van der Waals surface area contributed by atoms with E-state index in [2.05, 4.69) is 0 Å².